The molecular formula is C13H13NO4S3. The van der Waals surface area contributed by atoms with Gasteiger partial charge in [-0.05, 0) is 25.5 Å². The van der Waals surface area contributed by atoms with Crippen molar-refractivity contribution in [3.05, 3.63) is 45.5 Å². The Bertz CT molecular complexity index is 809. The maximum atomic E-state index is 11.6. The van der Waals surface area contributed by atoms with Crippen molar-refractivity contribution in [3.63, 3.8) is 0 Å². The fourth-order valence-corrected chi connectivity index (χ4v) is 5.17. The van der Waals surface area contributed by atoms with Gasteiger partial charge in [0.2, 0.25) is 0 Å². The van der Waals surface area contributed by atoms with Crippen LogP contribution in [0.2, 0.25) is 0 Å². The smallest absolute Gasteiger partial charge is 0.258 e. The quantitative estimate of drug-likeness (QED) is 0.623. The van der Waals surface area contributed by atoms with Crippen molar-refractivity contribution in [2.45, 2.75) is 27.2 Å². The van der Waals surface area contributed by atoms with E-state index in [9.17, 15) is 18.5 Å². The molecule has 0 aliphatic heterocycles. The first-order valence-corrected chi connectivity index (χ1v) is 9.44. The van der Waals surface area contributed by atoms with E-state index < -0.39 is 14.8 Å². The van der Waals surface area contributed by atoms with Gasteiger partial charge in [-0.1, -0.05) is 29.5 Å². The molecule has 0 spiro atoms. The average Bonchev–Trinajstić information content (AvgIpc) is 2.76. The zero-order chi connectivity index (χ0) is 15.8. The summed E-state index contributed by atoms with van der Waals surface area (Å²) in [7, 11) is -3.45. The molecule has 2 aromatic rings. The molecule has 0 unspecified atom stereocenters. The molecule has 1 aromatic heterocycles. The summed E-state index contributed by atoms with van der Waals surface area (Å²) in [5.41, 5.74) is 1.95. The first-order valence-electron chi connectivity index (χ1n) is 5.92. The van der Waals surface area contributed by atoms with Crippen molar-refractivity contribution in [3.8, 4) is 0 Å². The maximum Gasteiger partial charge on any atom is 0.295 e. The van der Waals surface area contributed by atoms with Gasteiger partial charge in [0.15, 0.2) is 9.84 Å². The van der Waals surface area contributed by atoms with Gasteiger partial charge in [-0.2, -0.15) is 0 Å². The van der Waals surface area contributed by atoms with Crippen LogP contribution in [0.3, 0.4) is 0 Å². The Morgan fingerprint density at radius 2 is 1.90 bits per heavy atom. The molecule has 112 valence electrons. The van der Waals surface area contributed by atoms with Gasteiger partial charge in [0.1, 0.15) is 8.42 Å². The third-order valence-corrected chi connectivity index (χ3v) is 7.05. The van der Waals surface area contributed by atoms with Gasteiger partial charge in [0.05, 0.1) is 4.92 Å². The molecule has 0 N–H and O–H groups in total. The second kappa shape index (κ2) is 5.78. The lowest BCUT2D eigenvalue weighted by Gasteiger charge is -2.04. The normalized spacial score (nSPS) is 11.6. The molecule has 0 fully saturated rings. The SMILES string of the molecule is Cc1ccc(Sc2sc(S(C)(=O)=O)cc2[N+](=O)[O-])c(C)c1. The van der Waals surface area contributed by atoms with Crippen LogP contribution < -0.4 is 0 Å². The summed E-state index contributed by atoms with van der Waals surface area (Å²) in [5.74, 6) is 0. The molecule has 1 heterocycles. The van der Waals surface area contributed by atoms with Crippen LogP contribution in [-0.4, -0.2) is 19.6 Å². The number of benzene rings is 1. The number of thiophene rings is 1. The van der Waals surface area contributed by atoms with Crippen molar-refractivity contribution < 1.29 is 13.3 Å². The van der Waals surface area contributed by atoms with Crippen LogP contribution in [0.15, 0.2) is 37.6 Å². The summed E-state index contributed by atoms with van der Waals surface area (Å²) in [4.78, 5) is 11.4. The minimum Gasteiger partial charge on any atom is -0.258 e. The Kier molecular flexibility index (Phi) is 4.40. The summed E-state index contributed by atoms with van der Waals surface area (Å²) < 4.78 is 23.5. The fourth-order valence-electron chi connectivity index (χ4n) is 1.74. The van der Waals surface area contributed by atoms with E-state index in [1.165, 1.54) is 11.8 Å². The number of nitro groups is 1. The second-order valence-electron chi connectivity index (χ2n) is 4.64. The summed E-state index contributed by atoms with van der Waals surface area (Å²) in [5, 5.41) is 11.1. The third kappa shape index (κ3) is 3.63. The van der Waals surface area contributed by atoms with Crippen LogP contribution in [0, 0.1) is 24.0 Å². The van der Waals surface area contributed by atoms with Crippen LogP contribution in [-0.2, 0) is 9.84 Å². The highest BCUT2D eigenvalue weighted by Crippen LogP contribution is 2.43. The van der Waals surface area contributed by atoms with Gasteiger partial charge in [-0.3, -0.25) is 10.1 Å². The molecule has 2 rings (SSSR count). The molecule has 0 aliphatic carbocycles. The highest BCUT2D eigenvalue weighted by atomic mass is 32.2. The van der Waals surface area contributed by atoms with Crippen LogP contribution in [0.25, 0.3) is 0 Å². The monoisotopic (exact) mass is 343 g/mol. The van der Waals surface area contributed by atoms with Crippen LogP contribution in [0.1, 0.15) is 11.1 Å². The molecule has 0 amide bonds. The minimum atomic E-state index is -3.45. The van der Waals surface area contributed by atoms with E-state index in [-0.39, 0.29) is 9.90 Å². The average molecular weight is 343 g/mol. The number of nitrogens with zero attached hydrogens (tertiary/aromatic N) is 1. The standard InChI is InChI=1S/C13H13NO4S3/c1-8-4-5-11(9(2)6-8)19-13-10(14(15)16)7-12(20-13)21(3,17)18/h4-7H,1-3H3. The largest absolute Gasteiger partial charge is 0.295 e. The molecule has 0 aliphatic rings. The first kappa shape index (κ1) is 16.0. The lowest BCUT2D eigenvalue weighted by Crippen LogP contribution is -1.92. The highest BCUT2D eigenvalue weighted by molar-refractivity contribution is 8.02. The summed E-state index contributed by atoms with van der Waals surface area (Å²) >= 11 is 2.16. The zero-order valence-electron chi connectivity index (χ0n) is 11.6. The number of hydrogen-bond acceptors (Lipinski definition) is 6. The fraction of sp³-hybridized carbons (Fsp3) is 0.231. The summed E-state index contributed by atoms with van der Waals surface area (Å²) in [6.07, 6.45) is 1.05. The van der Waals surface area contributed by atoms with E-state index in [1.54, 1.807) is 0 Å². The molecule has 21 heavy (non-hydrogen) atoms. The first-order chi connectivity index (χ1) is 9.68. The topological polar surface area (TPSA) is 77.3 Å². The molecule has 0 saturated heterocycles. The molecule has 0 saturated carbocycles. The van der Waals surface area contributed by atoms with Crippen LogP contribution in [0.5, 0.6) is 0 Å². The molecular weight excluding hydrogens is 330 g/mol. The van der Waals surface area contributed by atoms with E-state index in [4.69, 9.17) is 0 Å². The minimum absolute atomic E-state index is 0.0152. The van der Waals surface area contributed by atoms with Crippen molar-refractivity contribution in [1.29, 1.82) is 0 Å². The molecule has 8 heteroatoms. The lowest BCUT2D eigenvalue weighted by atomic mass is 10.2. The van der Waals surface area contributed by atoms with E-state index in [1.807, 2.05) is 32.0 Å². The molecule has 0 radical (unpaired) electrons. The molecule has 0 bridgehead atoms. The molecule has 5 nitrogen and oxygen atoms in total. The number of aryl methyl sites for hydroxylation is 2. The van der Waals surface area contributed by atoms with Crippen LogP contribution >= 0.6 is 23.1 Å². The van der Waals surface area contributed by atoms with Crippen molar-refractivity contribution in [1.82, 2.24) is 0 Å². The number of sulfone groups is 1. The predicted octanol–water partition coefficient (Wildman–Crippen LogP) is 3.83. The van der Waals surface area contributed by atoms with Gasteiger partial charge in [0.25, 0.3) is 5.69 Å². The van der Waals surface area contributed by atoms with Gasteiger partial charge in [0, 0.05) is 17.2 Å². The van der Waals surface area contributed by atoms with E-state index in [0.717, 1.165) is 39.7 Å². The predicted molar refractivity (Wildman–Crippen MR) is 84.1 cm³/mol. The van der Waals surface area contributed by atoms with Gasteiger partial charge < -0.3 is 0 Å². The van der Waals surface area contributed by atoms with Crippen molar-refractivity contribution in [2.24, 2.45) is 0 Å². The summed E-state index contributed by atoms with van der Waals surface area (Å²) in [6, 6.07) is 6.93. The second-order valence-corrected chi connectivity index (χ2v) is 9.24. The van der Waals surface area contributed by atoms with E-state index in [0.29, 0.717) is 4.21 Å². The molecule has 0 atom stereocenters. The van der Waals surface area contributed by atoms with Gasteiger partial charge in [-0.25, -0.2) is 8.42 Å². The third-order valence-electron chi connectivity index (χ3n) is 2.75. The maximum absolute atomic E-state index is 11.6. The Balaban J connectivity index is 2.48. The lowest BCUT2D eigenvalue weighted by molar-refractivity contribution is -0.387. The number of hydrogen-bond donors (Lipinski definition) is 0. The molecule has 1 aromatic carbocycles. The van der Waals surface area contributed by atoms with E-state index >= 15 is 0 Å². The zero-order valence-corrected chi connectivity index (χ0v) is 14.1. The Morgan fingerprint density at radius 3 is 2.43 bits per heavy atom. The number of rotatable bonds is 4. The van der Waals surface area contributed by atoms with E-state index in [2.05, 4.69) is 0 Å². The van der Waals surface area contributed by atoms with Crippen LogP contribution in [0.4, 0.5) is 5.69 Å². The summed E-state index contributed by atoms with van der Waals surface area (Å²) in [6.45, 7) is 3.89. The Labute approximate surface area is 131 Å². The van der Waals surface area contributed by atoms with Gasteiger partial charge in [-0.15, -0.1) is 11.3 Å². The Morgan fingerprint density at radius 1 is 1.24 bits per heavy atom. The van der Waals surface area contributed by atoms with Crippen molar-refractivity contribution >= 4 is 38.6 Å². The van der Waals surface area contributed by atoms with Gasteiger partial charge >= 0.3 is 0 Å². The highest BCUT2D eigenvalue weighted by Gasteiger charge is 2.24. The Hall–Kier alpha value is -1.38. The van der Waals surface area contributed by atoms with Crippen molar-refractivity contribution in [2.75, 3.05) is 6.26 Å².